The molecule has 1 aliphatic rings. The van der Waals surface area contributed by atoms with Gasteiger partial charge in [0, 0.05) is 6.61 Å². The summed E-state index contributed by atoms with van der Waals surface area (Å²) in [6, 6.07) is 8.09. The summed E-state index contributed by atoms with van der Waals surface area (Å²) in [7, 11) is 0. The van der Waals surface area contributed by atoms with Crippen LogP contribution in [0.5, 0.6) is 5.75 Å². The molecule has 1 heterocycles. The molecule has 4 heteroatoms. The molecule has 4 nitrogen and oxygen atoms in total. The van der Waals surface area contributed by atoms with Gasteiger partial charge in [0.05, 0.1) is 6.54 Å². The third-order valence-corrected chi connectivity index (χ3v) is 3.44. The van der Waals surface area contributed by atoms with Crippen molar-refractivity contribution < 1.29 is 14.3 Å². The summed E-state index contributed by atoms with van der Waals surface area (Å²) in [5.41, 5.74) is 1.30. The predicted octanol–water partition coefficient (Wildman–Crippen LogP) is 2.48. The van der Waals surface area contributed by atoms with Gasteiger partial charge in [0.2, 0.25) is 5.91 Å². The maximum atomic E-state index is 11.7. The van der Waals surface area contributed by atoms with E-state index in [9.17, 15) is 4.79 Å². The van der Waals surface area contributed by atoms with Gasteiger partial charge in [0.1, 0.15) is 18.5 Å². The first-order chi connectivity index (χ1) is 9.66. The Balaban J connectivity index is 1.66. The molecule has 1 saturated heterocycles. The normalized spacial score (nSPS) is 18.2. The summed E-state index contributed by atoms with van der Waals surface area (Å²) < 4.78 is 10.9. The molecule has 0 radical (unpaired) electrons. The van der Waals surface area contributed by atoms with Crippen LogP contribution < -0.4 is 10.1 Å². The molecular weight excluding hydrogens is 254 g/mol. The Morgan fingerprint density at radius 2 is 2.15 bits per heavy atom. The number of ether oxygens (including phenoxy) is 2. The van der Waals surface area contributed by atoms with Crippen LogP contribution in [0.4, 0.5) is 0 Å². The topological polar surface area (TPSA) is 47.6 Å². The van der Waals surface area contributed by atoms with Crippen LogP contribution in [0.15, 0.2) is 24.3 Å². The van der Waals surface area contributed by atoms with Crippen molar-refractivity contribution in [2.45, 2.75) is 38.7 Å². The zero-order chi connectivity index (χ0) is 14.4. The zero-order valence-electron chi connectivity index (χ0n) is 12.2. The highest BCUT2D eigenvalue weighted by atomic mass is 16.5. The quantitative estimate of drug-likeness (QED) is 0.813. The molecule has 0 aliphatic carbocycles. The Morgan fingerprint density at radius 1 is 1.40 bits per heavy atom. The molecule has 0 spiro atoms. The van der Waals surface area contributed by atoms with Crippen LogP contribution in [0.2, 0.25) is 0 Å². The summed E-state index contributed by atoms with van der Waals surface area (Å²) in [5.74, 6) is 1.33. The van der Waals surface area contributed by atoms with Gasteiger partial charge in [0.15, 0.2) is 0 Å². The third kappa shape index (κ3) is 4.23. The molecule has 2 rings (SSSR count). The lowest BCUT2D eigenvalue weighted by molar-refractivity contribution is -0.130. The lowest BCUT2D eigenvalue weighted by Crippen LogP contribution is -2.36. The van der Waals surface area contributed by atoms with E-state index in [2.05, 4.69) is 31.3 Å². The Kier molecular flexibility index (Phi) is 5.41. The molecule has 1 atom stereocenters. The van der Waals surface area contributed by atoms with Crippen molar-refractivity contribution in [3.05, 3.63) is 29.8 Å². The fraction of sp³-hybridized carbons (Fsp3) is 0.562. The number of amides is 1. The van der Waals surface area contributed by atoms with Crippen LogP contribution in [0, 0.1) is 0 Å². The largest absolute Gasteiger partial charge is 0.492 e. The average molecular weight is 277 g/mol. The lowest BCUT2D eigenvalue weighted by atomic mass is 10.0. The van der Waals surface area contributed by atoms with Gasteiger partial charge in [-0.1, -0.05) is 26.0 Å². The smallest absolute Gasteiger partial charge is 0.249 e. The monoisotopic (exact) mass is 277 g/mol. The van der Waals surface area contributed by atoms with Crippen LogP contribution in [0.1, 0.15) is 38.2 Å². The highest BCUT2D eigenvalue weighted by molar-refractivity contribution is 5.80. The molecule has 1 amide bonds. The molecule has 110 valence electrons. The number of hydrogen-bond acceptors (Lipinski definition) is 3. The second-order valence-electron chi connectivity index (χ2n) is 5.36. The van der Waals surface area contributed by atoms with Crippen molar-refractivity contribution in [1.82, 2.24) is 5.32 Å². The van der Waals surface area contributed by atoms with Gasteiger partial charge in [0.25, 0.3) is 0 Å². The Bertz CT molecular complexity index is 422. The first-order valence-corrected chi connectivity index (χ1v) is 7.29. The number of carbonyl (C=O) groups is 1. The van der Waals surface area contributed by atoms with Gasteiger partial charge in [-0.15, -0.1) is 0 Å². The first kappa shape index (κ1) is 14.9. The molecule has 1 N–H and O–H groups in total. The molecule has 1 aromatic rings. The van der Waals surface area contributed by atoms with E-state index in [0.717, 1.165) is 18.6 Å². The van der Waals surface area contributed by atoms with Crippen LogP contribution in [0.25, 0.3) is 0 Å². The maximum Gasteiger partial charge on any atom is 0.249 e. The van der Waals surface area contributed by atoms with Crippen molar-refractivity contribution in [1.29, 1.82) is 0 Å². The average Bonchev–Trinajstić information content (AvgIpc) is 2.98. The van der Waals surface area contributed by atoms with Crippen LogP contribution in [-0.2, 0) is 9.53 Å². The van der Waals surface area contributed by atoms with Crippen LogP contribution >= 0.6 is 0 Å². The van der Waals surface area contributed by atoms with Crippen molar-refractivity contribution in [3.8, 4) is 5.75 Å². The highest BCUT2D eigenvalue weighted by Crippen LogP contribution is 2.18. The minimum absolute atomic E-state index is 0.0266. The van der Waals surface area contributed by atoms with Crippen molar-refractivity contribution in [2.75, 3.05) is 19.8 Å². The second kappa shape index (κ2) is 7.29. The number of carbonyl (C=O) groups excluding carboxylic acids is 1. The van der Waals surface area contributed by atoms with Gasteiger partial charge < -0.3 is 14.8 Å². The van der Waals surface area contributed by atoms with E-state index in [4.69, 9.17) is 9.47 Å². The predicted molar refractivity (Wildman–Crippen MR) is 78.0 cm³/mol. The molecule has 20 heavy (non-hydrogen) atoms. The minimum atomic E-state index is -0.264. The molecule has 1 unspecified atom stereocenters. The van der Waals surface area contributed by atoms with Gasteiger partial charge >= 0.3 is 0 Å². The number of rotatable bonds is 6. The Labute approximate surface area is 120 Å². The first-order valence-electron chi connectivity index (χ1n) is 7.29. The molecule has 0 saturated carbocycles. The van der Waals surface area contributed by atoms with Crippen molar-refractivity contribution in [3.63, 3.8) is 0 Å². The summed E-state index contributed by atoms with van der Waals surface area (Å²) in [6.07, 6.45) is 1.53. The molecule has 1 aliphatic heterocycles. The number of hydrogen-bond donors (Lipinski definition) is 1. The zero-order valence-corrected chi connectivity index (χ0v) is 12.2. The number of benzene rings is 1. The van der Waals surface area contributed by atoms with Crippen LogP contribution in [0.3, 0.4) is 0 Å². The highest BCUT2D eigenvalue weighted by Gasteiger charge is 2.22. The van der Waals surface area contributed by atoms with Gasteiger partial charge in [-0.25, -0.2) is 0 Å². The van der Waals surface area contributed by atoms with Crippen molar-refractivity contribution >= 4 is 5.91 Å². The molecule has 0 aromatic heterocycles. The van der Waals surface area contributed by atoms with Gasteiger partial charge in [-0.05, 0) is 36.5 Å². The Morgan fingerprint density at radius 3 is 2.75 bits per heavy atom. The fourth-order valence-electron chi connectivity index (χ4n) is 2.19. The molecule has 1 aromatic carbocycles. The Hall–Kier alpha value is -1.55. The molecule has 0 bridgehead atoms. The van der Waals surface area contributed by atoms with E-state index in [-0.39, 0.29) is 12.0 Å². The lowest BCUT2D eigenvalue weighted by Gasteiger charge is -2.11. The second-order valence-corrected chi connectivity index (χ2v) is 5.36. The summed E-state index contributed by atoms with van der Waals surface area (Å²) >= 11 is 0. The molecular formula is C16H23NO3. The summed E-state index contributed by atoms with van der Waals surface area (Å²) in [5, 5.41) is 2.84. The third-order valence-electron chi connectivity index (χ3n) is 3.44. The maximum absolute atomic E-state index is 11.7. The molecule has 1 fully saturated rings. The van der Waals surface area contributed by atoms with Crippen LogP contribution in [-0.4, -0.2) is 31.8 Å². The van der Waals surface area contributed by atoms with E-state index in [1.165, 1.54) is 5.56 Å². The minimum Gasteiger partial charge on any atom is -0.492 e. The standard InChI is InChI=1S/C16H23NO3/c1-12(2)13-5-7-14(8-6-13)19-11-9-17-16(18)15-4-3-10-20-15/h5-8,12,15H,3-4,9-11H2,1-2H3,(H,17,18). The summed E-state index contributed by atoms with van der Waals surface area (Å²) in [6.45, 7) is 5.99. The van der Waals surface area contributed by atoms with E-state index >= 15 is 0 Å². The van der Waals surface area contributed by atoms with E-state index in [1.807, 2.05) is 12.1 Å². The fourth-order valence-corrected chi connectivity index (χ4v) is 2.19. The SMILES string of the molecule is CC(C)c1ccc(OCCNC(=O)C2CCCO2)cc1. The van der Waals surface area contributed by atoms with E-state index < -0.39 is 0 Å². The van der Waals surface area contributed by atoms with Gasteiger partial charge in [-0.2, -0.15) is 0 Å². The van der Waals surface area contributed by atoms with Crippen molar-refractivity contribution in [2.24, 2.45) is 0 Å². The van der Waals surface area contributed by atoms with E-state index in [0.29, 0.717) is 25.7 Å². The number of nitrogens with one attached hydrogen (secondary N) is 1. The van der Waals surface area contributed by atoms with Gasteiger partial charge in [-0.3, -0.25) is 4.79 Å². The van der Waals surface area contributed by atoms with E-state index in [1.54, 1.807) is 0 Å². The summed E-state index contributed by atoms with van der Waals surface area (Å²) in [4.78, 5) is 11.7.